The molecular weight excluding hydrogens is 323 g/mol. The number of carbonyl (C=O) groups is 1. The minimum atomic E-state index is -0.397. The van der Waals surface area contributed by atoms with Crippen LogP contribution in [0.25, 0.3) is 0 Å². The van der Waals surface area contributed by atoms with Crippen molar-refractivity contribution in [3.8, 4) is 5.75 Å². The molecule has 1 spiro atoms. The Bertz CT molecular complexity index is 631. The topological polar surface area (TPSA) is 50.8 Å². The van der Waals surface area contributed by atoms with E-state index in [9.17, 15) is 9.18 Å². The molecule has 2 atom stereocenters. The van der Waals surface area contributed by atoms with Gasteiger partial charge in [-0.15, -0.1) is 0 Å². The van der Waals surface area contributed by atoms with Crippen LogP contribution in [0.3, 0.4) is 0 Å². The fourth-order valence-electron chi connectivity index (χ4n) is 4.51. The summed E-state index contributed by atoms with van der Waals surface area (Å²) in [5.74, 6) is -0.0789. The van der Waals surface area contributed by atoms with E-state index < -0.39 is 5.82 Å². The minimum absolute atomic E-state index is 0.0922. The summed E-state index contributed by atoms with van der Waals surface area (Å²) in [4.78, 5) is 14.5. The normalized spacial score (nSPS) is 24.0. The number of benzene rings is 1. The van der Waals surface area contributed by atoms with Gasteiger partial charge >= 0.3 is 6.03 Å². The van der Waals surface area contributed by atoms with Crippen molar-refractivity contribution in [3.05, 3.63) is 24.0 Å². The van der Waals surface area contributed by atoms with Gasteiger partial charge in [-0.2, -0.15) is 0 Å². The lowest BCUT2D eigenvalue weighted by Crippen LogP contribution is -2.64. The maximum Gasteiger partial charge on any atom is 0.321 e. The highest BCUT2D eigenvalue weighted by Crippen LogP contribution is 2.56. The number of carbonyl (C=O) groups excluding carboxylic acids is 1. The number of amides is 2. The van der Waals surface area contributed by atoms with Crippen molar-refractivity contribution in [1.29, 1.82) is 0 Å². The highest BCUT2D eigenvalue weighted by atomic mass is 19.1. The molecule has 2 fully saturated rings. The summed E-state index contributed by atoms with van der Waals surface area (Å²) in [5.41, 5.74) is 0.566. The molecule has 5 nitrogen and oxygen atoms in total. The number of nitrogens with one attached hydrogen (secondary N) is 1. The van der Waals surface area contributed by atoms with Gasteiger partial charge in [0.25, 0.3) is 0 Å². The van der Waals surface area contributed by atoms with E-state index >= 15 is 0 Å². The molecule has 3 rings (SSSR count). The lowest BCUT2D eigenvalue weighted by molar-refractivity contribution is -0.150. The summed E-state index contributed by atoms with van der Waals surface area (Å²) in [5, 5.41) is 2.85. The van der Waals surface area contributed by atoms with Crippen molar-refractivity contribution in [3.63, 3.8) is 0 Å². The van der Waals surface area contributed by atoms with E-state index in [-0.39, 0.29) is 23.6 Å². The third-order valence-corrected chi connectivity index (χ3v) is 5.84. The van der Waals surface area contributed by atoms with E-state index in [1.54, 1.807) is 4.90 Å². The summed E-state index contributed by atoms with van der Waals surface area (Å²) < 4.78 is 24.4. The van der Waals surface area contributed by atoms with E-state index in [2.05, 4.69) is 5.32 Å². The van der Waals surface area contributed by atoms with Crippen molar-refractivity contribution in [2.45, 2.75) is 51.2 Å². The van der Waals surface area contributed by atoms with Crippen LogP contribution < -0.4 is 10.1 Å². The lowest BCUT2D eigenvalue weighted by atomic mass is 9.60. The first-order chi connectivity index (χ1) is 12.0. The minimum Gasteiger partial charge on any atom is -0.494 e. The van der Waals surface area contributed by atoms with Crippen LogP contribution in [0, 0.1) is 11.2 Å². The quantitative estimate of drug-likeness (QED) is 0.872. The Hall–Kier alpha value is -1.82. The molecule has 0 aliphatic heterocycles. The molecule has 1 N–H and O–H groups in total. The fraction of sp³-hybridized carbons (Fsp3) is 0.632. The van der Waals surface area contributed by atoms with Gasteiger partial charge in [-0.1, -0.05) is 12.8 Å². The lowest BCUT2D eigenvalue weighted by Gasteiger charge is -2.56. The standard InChI is InChI=1S/C19H27FN2O3/c1-4-25-17-12-16(19(17)9-5-6-10-19)22(2)18(23)21-14-8-7-13(20)11-15(14)24-3/h7-8,11,16-17H,4-6,9-10,12H2,1-3H3,(H,21,23)/t16-,17+/m0/s1. The van der Waals surface area contributed by atoms with Crippen molar-refractivity contribution in [1.82, 2.24) is 4.90 Å². The molecule has 6 heteroatoms. The average Bonchev–Trinajstić information content (AvgIpc) is 3.12. The van der Waals surface area contributed by atoms with Gasteiger partial charge in [-0.25, -0.2) is 9.18 Å². The Morgan fingerprint density at radius 1 is 1.40 bits per heavy atom. The van der Waals surface area contributed by atoms with Crippen molar-refractivity contribution in [2.24, 2.45) is 5.41 Å². The molecule has 1 aromatic rings. The number of rotatable bonds is 5. The van der Waals surface area contributed by atoms with Crippen LogP contribution in [0.15, 0.2) is 18.2 Å². The van der Waals surface area contributed by atoms with Crippen LogP contribution in [0.4, 0.5) is 14.9 Å². The molecule has 2 aliphatic carbocycles. The third-order valence-electron chi connectivity index (χ3n) is 5.84. The number of nitrogens with zero attached hydrogens (tertiary/aromatic N) is 1. The highest BCUT2D eigenvalue weighted by Gasteiger charge is 2.58. The Labute approximate surface area is 148 Å². The average molecular weight is 350 g/mol. The van der Waals surface area contributed by atoms with Crippen LogP contribution in [0.1, 0.15) is 39.0 Å². The maximum atomic E-state index is 13.3. The molecule has 0 saturated heterocycles. The van der Waals surface area contributed by atoms with Gasteiger partial charge in [0.15, 0.2) is 0 Å². The number of ether oxygens (including phenoxy) is 2. The Balaban J connectivity index is 1.71. The van der Waals surface area contributed by atoms with Gasteiger partial charge in [0.1, 0.15) is 11.6 Å². The van der Waals surface area contributed by atoms with Crippen LogP contribution >= 0.6 is 0 Å². The van der Waals surface area contributed by atoms with Crippen LogP contribution in [-0.2, 0) is 4.74 Å². The Morgan fingerprint density at radius 2 is 2.12 bits per heavy atom. The van der Waals surface area contributed by atoms with E-state index in [0.717, 1.165) is 19.3 Å². The molecule has 138 valence electrons. The van der Waals surface area contributed by atoms with Gasteiger partial charge in [-0.05, 0) is 38.3 Å². The van der Waals surface area contributed by atoms with Gasteiger partial charge in [0, 0.05) is 31.2 Å². The predicted molar refractivity (Wildman–Crippen MR) is 94.5 cm³/mol. The van der Waals surface area contributed by atoms with Crippen LogP contribution in [0.2, 0.25) is 0 Å². The summed E-state index contributed by atoms with van der Waals surface area (Å²) >= 11 is 0. The second-order valence-corrected chi connectivity index (χ2v) is 7.02. The van der Waals surface area contributed by atoms with E-state index in [1.165, 1.54) is 38.2 Å². The fourth-order valence-corrected chi connectivity index (χ4v) is 4.51. The molecule has 0 radical (unpaired) electrons. The molecule has 2 amide bonds. The zero-order valence-corrected chi connectivity index (χ0v) is 15.2. The Kier molecular flexibility index (Phi) is 5.18. The smallest absolute Gasteiger partial charge is 0.321 e. The van der Waals surface area contributed by atoms with E-state index in [0.29, 0.717) is 18.0 Å². The van der Waals surface area contributed by atoms with Crippen molar-refractivity contribution in [2.75, 3.05) is 26.1 Å². The van der Waals surface area contributed by atoms with Gasteiger partial charge in [0.2, 0.25) is 0 Å². The second-order valence-electron chi connectivity index (χ2n) is 7.02. The zero-order chi connectivity index (χ0) is 18.0. The number of halogens is 1. The number of urea groups is 1. The maximum absolute atomic E-state index is 13.3. The van der Waals surface area contributed by atoms with Gasteiger partial charge < -0.3 is 19.7 Å². The second kappa shape index (κ2) is 7.20. The summed E-state index contributed by atoms with van der Waals surface area (Å²) in [6.45, 7) is 2.73. The molecule has 0 unspecified atom stereocenters. The first-order valence-corrected chi connectivity index (χ1v) is 9.00. The molecule has 0 bridgehead atoms. The first kappa shape index (κ1) is 18.0. The number of hydrogen-bond acceptors (Lipinski definition) is 3. The van der Waals surface area contributed by atoms with Crippen molar-refractivity contribution < 1.29 is 18.7 Å². The van der Waals surface area contributed by atoms with E-state index in [4.69, 9.17) is 9.47 Å². The molecular formula is C19H27FN2O3. The molecule has 0 heterocycles. The largest absolute Gasteiger partial charge is 0.494 e. The third kappa shape index (κ3) is 3.19. The summed E-state index contributed by atoms with van der Waals surface area (Å²) in [7, 11) is 3.29. The Morgan fingerprint density at radius 3 is 2.76 bits per heavy atom. The molecule has 1 aromatic carbocycles. The van der Waals surface area contributed by atoms with Gasteiger partial charge in [0.05, 0.1) is 18.9 Å². The summed E-state index contributed by atoms with van der Waals surface area (Å²) in [6, 6.07) is 4.08. The monoisotopic (exact) mass is 350 g/mol. The summed E-state index contributed by atoms with van der Waals surface area (Å²) in [6.07, 6.45) is 5.74. The number of methoxy groups -OCH3 is 1. The number of anilines is 1. The molecule has 25 heavy (non-hydrogen) atoms. The first-order valence-electron chi connectivity index (χ1n) is 9.00. The predicted octanol–water partition coefficient (Wildman–Crippen LogP) is 4.04. The SMILES string of the molecule is CCO[C@@H]1C[C@H](N(C)C(=O)Nc2ccc(F)cc2OC)C12CCCC2. The molecule has 2 aliphatic rings. The molecule has 0 aromatic heterocycles. The molecule has 2 saturated carbocycles. The van der Waals surface area contributed by atoms with Crippen molar-refractivity contribution >= 4 is 11.7 Å². The zero-order valence-electron chi connectivity index (χ0n) is 15.2. The highest BCUT2D eigenvalue weighted by molar-refractivity contribution is 5.91. The van der Waals surface area contributed by atoms with Gasteiger partial charge in [-0.3, -0.25) is 0 Å². The van der Waals surface area contributed by atoms with E-state index in [1.807, 2.05) is 14.0 Å². The van der Waals surface area contributed by atoms with Crippen LogP contribution in [0.5, 0.6) is 5.75 Å². The van der Waals surface area contributed by atoms with Crippen LogP contribution in [-0.4, -0.2) is 43.8 Å². The number of hydrogen-bond donors (Lipinski definition) is 1.